The van der Waals surface area contributed by atoms with Gasteiger partial charge in [-0.2, -0.15) is 4.80 Å². The van der Waals surface area contributed by atoms with Crippen LogP contribution < -0.4 is 0 Å². The normalized spacial score (nSPS) is 10.5. The summed E-state index contributed by atoms with van der Waals surface area (Å²) in [7, 11) is 1.68. The quantitative estimate of drug-likeness (QED) is 0.744. The Kier molecular flexibility index (Phi) is 2.99. The van der Waals surface area contributed by atoms with Crippen LogP contribution in [0.2, 0.25) is 0 Å². The Morgan fingerprint density at radius 3 is 2.65 bits per heavy atom. The van der Waals surface area contributed by atoms with Crippen LogP contribution in [0.25, 0.3) is 0 Å². The van der Waals surface area contributed by atoms with Crippen molar-refractivity contribution in [1.82, 2.24) is 20.2 Å². The van der Waals surface area contributed by atoms with Crippen LogP contribution in [0.5, 0.6) is 0 Å². The minimum Gasteiger partial charge on any atom is -0.294 e. The molecule has 0 fully saturated rings. The maximum absolute atomic E-state index is 12.0. The molecule has 0 bridgehead atoms. The number of nitrogens with zero attached hydrogens (tertiary/aromatic N) is 4. The average molecular weight is 230 g/mol. The molecule has 0 amide bonds. The van der Waals surface area contributed by atoms with E-state index in [4.69, 9.17) is 0 Å². The molecule has 0 saturated heterocycles. The van der Waals surface area contributed by atoms with Gasteiger partial charge in [0.1, 0.15) is 0 Å². The summed E-state index contributed by atoms with van der Waals surface area (Å²) in [4.78, 5) is 13.3. The van der Waals surface area contributed by atoms with E-state index < -0.39 is 0 Å². The van der Waals surface area contributed by atoms with Gasteiger partial charge in [-0.25, -0.2) is 0 Å². The zero-order chi connectivity index (χ0) is 12.4. The Hall–Kier alpha value is -2.04. The predicted octanol–water partition coefficient (Wildman–Crippen LogP) is 1.25. The minimum absolute atomic E-state index is 0.0149. The van der Waals surface area contributed by atoms with Gasteiger partial charge in [0.25, 0.3) is 0 Å². The van der Waals surface area contributed by atoms with Crippen LogP contribution >= 0.6 is 0 Å². The molecule has 0 radical (unpaired) electrons. The predicted molar refractivity (Wildman–Crippen MR) is 62.7 cm³/mol. The Bertz CT molecular complexity index is 559. The summed E-state index contributed by atoms with van der Waals surface area (Å²) in [5, 5.41) is 11.5. The molecule has 5 nitrogen and oxygen atoms in total. The Labute approximate surface area is 99.5 Å². The zero-order valence-corrected chi connectivity index (χ0v) is 10.1. The molecule has 2 aromatic rings. The molecule has 0 aliphatic rings. The van der Waals surface area contributed by atoms with Crippen molar-refractivity contribution in [3.8, 4) is 0 Å². The van der Waals surface area contributed by atoms with Crippen molar-refractivity contribution in [2.75, 3.05) is 0 Å². The van der Waals surface area contributed by atoms with Gasteiger partial charge in [0.15, 0.2) is 11.6 Å². The lowest BCUT2D eigenvalue weighted by Gasteiger charge is -2.02. The second-order valence-electron chi connectivity index (χ2n) is 4.09. The minimum atomic E-state index is 0.0149. The molecular weight excluding hydrogens is 216 g/mol. The van der Waals surface area contributed by atoms with Gasteiger partial charge >= 0.3 is 0 Å². The molecule has 0 N–H and O–H groups in total. The summed E-state index contributed by atoms with van der Waals surface area (Å²) in [5.41, 5.74) is 2.99. The molecule has 2 rings (SSSR count). The van der Waals surface area contributed by atoms with E-state index in [1.54, 1.807) is 7.05 Å². The number of carbonyl (C=O) groups excluding carboxylic acids is 1. The van der Waals surface area contributed by atoms with Gasteiger partial charge < -0.3 is 0 Å². The van der Waals surface area contributed by atoms with E-state index in [-0.39, 0.29) is 12.2 Å². The van der Waals surface area contributed by atoms with Crippen molar-refractivity contribution in [3.63, 3.8) is 0 Å². The Balaban J connectivity index is 2.17. The molecule has 0 aliphatic carbocycles. The Morgan fingerprint density at radius 2 is 2.06 bits per heavy atom. The summed E-state index contributed by atoms with van der Waals surface area (Å²) >= 11 is 0. The fraction of sp³-hybridized carbons (Fsp3) is 0.333. The fourth-order valence-corrected chi connectivity index (χ4v) is 1.55. The van der Waals surface area contributed by atoms with Gasteiger partial charge in [-0.3, -0.25) is 4.79 Å². The van der Waals surface area contributed by atoms with E-state index in [1.165, 1.54) is 10.4 Å². The van der Waals surface area contributed by atoms with Crippen molar-refractivity contribution in [3.05, 3.63) is 40.7 Å². The van der Waals surface area contributed by atoms with Crippen LogP contribution in [0, 0.1) is 13.8 Å². The van der Waals surface area contributed by atoms with Crippen molar-refractivity contribution < 1.29 is 4.79 Å². The first-order chi connectivity index (χ1) is 8.06. The number of tetrazole rings is 1. The maximum Gasteiger partial charge on any atom is 0.182 e. The summed E-state index contributed by atoms with van der Waals surface area (Å²) in [6, 6.07) is 5.68. The molecule has 1 aromatic heterocycles. The number of rotatable bonds is 3. The van der Waals surface area contributed by atoms with E-state index in [1.807, 2.05) is 32.0 Å². The second-order valence-corrected chi connectivity index (χ2v) is 4.09. The van der Waals surface area contributed by atoms with Crippen LogP contribution in [0.3, 0.4) is 0 Å². The summed E-state index contributed by atoms with van der Waals surface area (Å²) in [5.74, 6) is 0.469. The molecule has 0 aliphatic heterocycles. The Morgan fingerprint density at radius 1 is 1.29 bits per heavy atom. The molecule has 0 atom stereocenters. The third kappa shape index (κ3) is 2.55. The smallest absolute Gasteiger partial charge is 0.182 e. The largest absolute Gasteiger partial charge is 0.294 e. The highest BCUT2D eigenvalue weighted by Crippen LogP contribution is 2.11. The van der Waals surface area contributed by atoms with Crippen LogP contribution in [-0.4, -0.2) is 26.0 Å². The van der Waals surface area contributed by atoms with E-state index in [9.17, 15) is 4.79 Å². The van der Waals surface area contributed by atoms with Gasteiger partial charge in [0.05, 0.1) is 13.5 Å². The molecule has 1 aromatic carbocycles. The number of hydrogen-bond acceptors (Lipinski definition) is 4. The van der Waals surface area contributed by atoms with Gasteiger partial charge in [-0.15, -0.1) is 10.2 Å². The van der Waals surface area contributed by atoms with Gasteiger partial charge in [0, 0.05) is 5.56 Å². The number of Topliss-reactive ketones (excluding diaryl/α,β-unsaturated/α-hetero) is 1. The van der Waals surface area contributed by atoms with Crippen molar-refractivity contribution in [1.29, 1.82) is 0 Å². The van der Waals surface area contributed by atoms with Gasteiger partial charge in [-0.05, 0) is 36.3 Å². The first kappa shape index (κ1) is 11.4. The van der Waals surface area contributed by atoms with E-state index in [0.717, 1.165) is 5.56 Å². The first-order valence-electron chi connectivity index (χ1n) is 5.39. The monoisotopic (exact) mass is 230 g/mol. The van der Waals surface area contributed by atoms with Crippen LogP contribution in [0.15, 0.2) is 18.2 Å². The summed E-state index contributed by atoms with van der Waals surface area (Å²) in [6.07, 6.45) is 0.191. The van der Waals surface area contributed by atoms with E-state index in [0.29, 0.717) is 11.4 Å². The third-order valence-electron chi connectivity index (χ3n) is 2.70. The highest BCUT2D eigenvalue weighted by Gasteiger charge is 2.11. The molecule has 88 valence electrons. The number of ketones is 1. The molecule has 5 heteroatoms. The topological polar surface area (TPSA) is 60.7 Å². The van der Waals surface area contributed by atoms with Crippen molar-refractivity contribution >= 4 is 5.78 Å². The highest BCUT2D eigenvalue weighted by molar-refractivity contribution is 5.97. The summed E-state index contributed by atoms with van der Waals surface area (Å²) in [6.45, 7) is 4.01. The van der Waals surface area contributed by atoms with Crippen molar-refractivity contribution in [2.45, 2.75) is 20.3 Å². The van der Waals surface area contributed by atoms with Crippen LogP contribution in [0.4, 0.5) is 0 Å². The number of aromatic nitrogens is 4. The lowest BCUT2D eigenvalue weighted by Crippen LogP contribution is -2.06. The lowest BCUT2D eigenvalue weighted by atomic mass is 10.0. The number of aryl methyl sites for hydroxylation is 3. The van der Waals surface area contributed by atoms with E-state index in [2.05, 4.69) is 15.4 Å². The highest BCUT2D eigenvalue weighted by atomic mass is 16.1. The van der Waals surface area contributed by atoms with Crippen LogP contribution in [-0.2, 0) is 13.5 Å². The second kappa shape index (κ2) is 4.45. The summed E-state index contributed by atoms with van der Waals surface area (Å²) < 4.78 is 0. The lowest BCUT2D eigenvalue weighted by molar-refractivity contribution is 0.0990. The van der Waals surface area contributed by atoms with Gasteiger partial charge in [-0.1, -0.05) is 12.1 Å². The average Bonchev–Trinajstić information content (AvgIpc) is 2.68. The molecule has 1 heterocycles. The molecular formula is C12H14N4O. The first-order valence-corrected chi connectivity index (χ1v) is 5.39. The maximum atomic E-state index is 12.0. The third-order valence-corrected chi connectivity index (χ3v) is 2.70. The fourth-order valence-electron chi connectivity index (χ4n) is 1.55. The van der Waals surface area contributed by atoms with Gasteiger partial charge in [0.2, 0.25) is 0 Å². The molecule has 0 spiro atoms. The standard InChI is InChI=1S/C12H14N4O/c1-8-4-5-10(6-9(8)2)11(17)7-12-13-15-16(3)14-12/h4-6H,7H2,1-3H3. The zero-order valence-electron chi connectivity index (χ0n) is 10.1. The van der Waals surface area contributed by atoms with Crippen LogP contribution in [0.1, 0.15) is 27.3 Å². The molecule has 17 heavy (non-hydrogen) atoms. The van der Waals surface area contributed by atoms with Crippen molar-refractivity contribution in [2.24, 2.45) is 7.05 Å². The number of hydrogen-bond donors (Lipinski definition) is 0. The molecule has 0 unspecified atom stereocenters. The number of benzene rings is 1. The van der Waals surface area contributed by atoms with E-state index >= 15 is 0 Å². The SMILES string of the molecule is Cc1ccc(C(=O)Cc2nnn(C)n2)cc1C. The molecule has 0 saturated carbocycles. The number of carbonyl (C=O) groups is 1.